The minimum Gasteiger partial charge on any atom is -0.317 e. The lowest BCUT2D eigenvalue weighted by molar-refractivity contribution is 0.307. The molecule has 0 bridgehead atoms. The third-order valence-corrected chi connectivity index (χ3v) is 3.41. The maximum atomic E-state index is 3.32. The summed E-state index contributed by atoms with van der Waals surface area (Å²) in [5, 5.41) is 3.32. The second-order valence-corrected chi connectivity index (χ2v) is 4.25. The third kappa shape index (κ3) is 1.83. The molecule has 1 aliphatic rings. The molecule has 0 aromatic heterocycles. The molecule has 76 valence electrons. The summed E-state index contributed by atoms with van der Waals surface area (Å²) in [4.78, 5) is 0. The highest BCUT2D eigenvalue weighted by atomic mass is 14.9. The molecule has 1 N–H and O–H groups in total. The first kappa shape index (κ1) is 9.72. The van der Waals surface area contributed by atoms with Crippen molar-refractivity contribution in [3.8, 4) is 0 Å². The number of hydrogen-bond acceptors (Lipinski definition) is 1. The summed E-state index contributed by atoms with van der Waals surface area (Å²) >= 11 is 0. The Labute approximate surface area is 86.5 Å². The topological polar surface area (TPSA) is 12.0 Å². The molecule has 0 radical (unpaired) electrons. The number of nitrogens with one attached hydrogen (secondary N) is 1. The van der Waals surface area contributed by atoms with Gasteiger partial charge in [-0.15, -0.1) is 0 Å². The standard InChI is InChI=1S/C13H19N/c1-3-10-4-6-11(7-5-10)12-8-13(9-12)14-2/h4-7,12-14H,3,8-9H2,1-2H3. The van der Waals surface area contributed by atoms with E-state index in [1.54, 1.807) is 0 Å². The van der Waals surface area contributed by atoms with Crippen LogP contribution in [0.15, 0.2) is 24.3 Å². The second-order valence-electron chi connectivity index (χ2n) is 4.25. The summed E-state index contributed by atoms with van der Waals surface area (Å²) in [6.45, 7) is 2.20. The lowest BCUT2D eigenvalue weighted by atomic mass is 9.76. The van der Waals surface area contributed by atoms with Gasteiger partial charge in [0, 0.05) is 6.04 Å². The number of rotatable bonds is 3. The highest BCUT2D eigenvalue weighted by molar-refractivity contribution is 5.27. The predicted octanol–water partition coefficient (Wildman–Crippen LogP) is 2.71. The van der Waals surface area contributed by atoms with E-state index >= 15 is 0 Å². The van der Waals surface area contributed by atoms with Crippen LogP contribution in [0.25, 0.3) is 0 Å². The van der Waals surface area contributed by atoms with Crippen LogP contribution < -0.4 is 5.32 Å². The summed E-state index contributed by atoms with van der Waals surface area (Å²) < 4.78 is 0. The smallest absolute Gasteiger partial charge is 0.00757 e. The molecule has 1 aromatic carbocycles. The van der Waals surface area contributed by atoms with Gasteiger partial charge >= 0.3 is 0 Å². The van der Waals surface area contributed by atoms with E-state index in [9.17, 15) is 0 Å². The van der Waals surface area contributed by atoms with Gasteiger partial charge in [-0.1, -0.05) is 31.2 Å². The van der Waals surface area contributed by atoms with E-state index in [0.29, 0.717) is 0 Å². The Morgan fingerprint density at radius 2 is 1.86 bits per heavy atom. The van der Waals surface area contributed by atoms with Gasteiger partial charge in [-0.2, -0.15) is 0 Å². The fourth-order valence-corrected chi connectivity index (χ4v) is 2.15. The molecule has 1 saturated carbocycles. The van der Waals surface area contributed by atoms with Crippen LogP contribution in [0.3, 0.4) is 0 Å². The molecule has 0 heterocycles. The minimum atomic E-state index is 0.755. The van der Waals surface area contributed by atoms with Crippen LogP contribution in [0.1, 0.15) is 36.8 Å². The van der Waals surface area contributed by atoms with Crippen LogP contribution in [-0.2, 0) is 6.42 Å². The van der Waals surface area contributed by atoms with Crippen molar-refractivity contribution in [2.24, 2.45) is 0 Å². The third-order valence-electron chi connectivity index (χ3n) is 3.41. The molecule has 0 aliphatic heterocycles. The number of aryl methyl sites for hydroxylation is 1. The Balaban J connectivity index is 1.98. The number of hydrogen-bond donors (Lipinski definition) is 1. The van der Waals surface area contributed by atoms with Crippen LogP contribution in [0.4, 0.5) is 0 Å². The van der Waals surface area contributed by atoms with E-state index in [2.05, 4.69) is 43.6 Å². The van der Waals surface area contributed by atoms with Gasteiger partial charge in [0.2, 0.25) is 0 Å². The van der Waals surface area contributed by atoms with Gasteiger partial charge in [0.05, 0.1) is 0 Å². The molecule has 0 spiro atoms. The zero-order valence-corrected chi connectivity index (χ0v) is 9.09. The van der Waals surface area contributed by atoms with Crippen molar-refractivity contribution in [2.45, 2.75) is 38.1 Å². The zero-order valence-electron chi connectivity index (χ0n) is 9.09. The van der Waals surface area contributed by atoms with Gasteiger partial charge in [-0.3, -0.25) is 0 Å². The lowest BCUT2D eigenvalue weighted by Gasteiger charge is -2.35. The van der Waals surface area contributed by atoms with Gasteiger partial charge in [0.15, 0.2) is 0 Å². The summed E-state index contributed by atoms with van der Waals surface area (Å²) in [6.07, 6.45) is 3.76. The molecule has 1 aromatic rings. The maximum absolute atomic E-state index is 3.32. The van der Waals surface area contributed by atoms with E-state index in [1.807, 2.05) is 0 Å². The van der Waals surface area contributed by atoms with Crippen molar-refractivity contribution in [3.63, 3.8) is 0 Å². The van der Waals surface area contributed by atoms with Gasteiger partial charge < -0.3 is 5.32 Å². The van der Waals surface area contributed by atoms with Crippen LogP contribution in [-0.4, -0.2) is 13.1 Å². The van der Waals surface area contributed by atoms with E-state index in [1.165, 1.54) is 24.0 Å². The normalized spacial score (nSPS) is 25.9. The van der Waals surface area contributed by atoms with E-state index in [-0.39, 0.29) is 0 Å². The van der Waals surface area contributed by atoms with Gasteiger partial charge in [-0.25, -0.2) is 0 Å². The van der Waals surface area contributed by atoms with E-state index < -0.39 is 0 Å². The fraction of sp³-hybridized carbons (Fsp3) is 0.538. The number of benzene rings is 1. The zero-order chi connectivity index (χ0) is 9.97. The second kappa shape index (κ2) is 4.14. The molecule has 0 saturated heterocycles. The summed E-state index contributed by atoms with van der Waals surface area (Å²) in [5.74, 6) is 0.804. The Bertz CT molecular complexity index is 283. The largest absolute Gasteiger partial charge is 0.317 e. The highest BCUT2D eigenvalue weighted by Gasteiger charge is 2.28. The van der Waals surface area contributed by atoms with Crippen molar-refractivity contribution in [1.82, 2.24) is 5.32 Å². The Morgan fingerprint density at radius 1 is 1.21 bits per heavy atom. The first-order valence-electron chi connectivity index (χ1n) is 5.59. The Morgan fingerprint density at radius 3 is 2.36 bits per heavy atom. The Hall–Kier alpha value is -0.820. The van der Waals surface area contributed by atoms with Crippen LogP contribution in [0, 0.1) is 0 Å². The van der Waals surface area contributed by atoms with E-state index in [4.69, 9.17) is 0 Å². The van der Waals surface area contributed by atoms with Crippen molar-refractivity contribution in [1.29, 1.82) is 0 Å². The summed E-state index contributed by atoms with van der Waals surface area (Å²) in [6, 6.07) is 9.89. The van der Waals surface area contributed by atoms with Gasteiger partial charge in [0.1, 0.15) is 0 Å². The molecule has 14 heavy (non-hydrogen) atoms. The molecule has 1 heteroatoms. The molecule has 2 rings (SSSR count). The van der Waals surface area contributed by atoms with Crippen LogP contribution in [0.2, 0.25) is 0 Å². The molecule has 0 atom stereocenters. The van der Waals surface area contributed by atoms with Crippen molar-refractivity contribution >= 4 is 0 Å². The van der Waals surface area contributed by atoms with Crippen molar-refractivity contribution < 1.29 is 0 Å². The summed E-state index contributed by atoms with van der Waals surface area (Å²) in [5.41, 5.74) is 2.96. The van der Waals surface area contributed by atoms with Crippen LogP contribution >= 0.6 is 0 Å². The summed E-state index contributed by atoms with van der Waals surface area (Å²) in [7, 11) is 2.06. The van der Waals surface area contributed by atoms with Gasteiger partial charge in [0.25, 0.3) is 0 Å². The maximum Gasteiger partial charge on any atom is 0.00757 e. The molecular formula is C13H19N. The molecule has 1 nitrogen and oxygen atoms in total. The predicted molar refractivity (Wildman–Crippen MR) is 60.6 cm³/mol. The fourth-order valence-electron chi connectivity index (χ4n) is 2.15. The monoisotopic (exact) mass is 189 g/mol. The van der Waals surface area contributed by atoms with Crippen LogP contribution in [0.5, 0.6) is 0 Å². The quantitative estimate of drug-likeness (QED) is 0.771. The molecule has 0 amide bonds. The average molecular weight is 189 g/mol. The van der Waals surface area contributed by atoms with E-state index in [0.717, 1.165) is 18.4 Å². The lowest BCUT2D eigenvalue weighted by Crippen LogP contribution is -2.37. The molecular weight excluding hydrogens is 170 g/mol. The first-order chi connectivity index (χ1) is 6.83. The Kier molecular flexibility index (Phi) is 2.87. The van der Waals surface area contributed by atoms with Gasteiger partial charge in [-0.05, 0) is 43.4 Å². The van der Waals surface area contributed by atoms with Crippen molar-refractivity contribution in [3.05, 3.63) is 35.4 Å². The molecule has 0 unspecified atom stereocenters. The molecule has 1 fully saturated rings. The first-order valence-corrected chi connectivity index (χ1v) is 5.59. The van der Waals surface area contributed by atoms with Crippen molar-refractivity contribution in [2.75, 3.05) is 7.05 Å². The SMILES string of the molecule is CCc1ccc(C2CC(NC)C2)cc1. The highest BCUT2D eigenvalue weighted by Crippen LogP contribution is 2.36. The average Bonchev–Trinajstić information content (AvgIpc) is 2.17. The molecule has 1 aliphatic carbocycles. The minimum absolute atomic E-state index is 0.755.